The summed E-state index contributed by atoms with van der Waals surface area (Å²) < 4.78 is 10.4. The van der Waals surface area contributed by atoms with E-state index < -0.39 is 0 Å². The van der Waals surface area contributed by atoms with Crippen molar-refractivity contribution in [3.05, 3.63) is 23.8 Å². The first-order valence-electron chi connectivity index (χ1n) is 8.65. The third-order valence-corrected chi connectivity index (χ3v) is 4.12. The zero-order chi connectivity index (χ0) is 17.4. The van der Waals surface area contributed by atoms with E-state index in [1.807, 2.05) is 19.1 Å². The fourth-order valence-corrected chi connectivity index (χ4v) is 2.94. The summed E-state index contributed by atoms with van der Waals surface area (Å²) in [6, 6.07) is 6.10. The summed E-state index contributed by atoms with van der Waals surface area (Å²) >= 11 is 0. The lowest BCUT2D eigenvalue weighted by Gasteiger charge is -2.31. The van der Waals surface area contributed by atoms with Crippen molar-refractivity contribution < 1.29 is 14.3 Å². The molecule has 24 heavy (non-hydrogen) atoms. The summed E-state index contributed by atoms with van der Waals surface area (Å²) in [6.45, 7) is 7.26. The van der Waals surface area contributed by atoms with Crippen LogP contribution in [0.5, 0.6) is 0 Å². The summed E-state index contributed by atoms with van der Waals surface area (Å²) in [7, 11) is 2.07. The van der Waals surface area contributed by atoms with Crippen molar-refractivity contribution >= 4 is 17.3 Å². The molecule has 0 spiro atoms. The lowest BCUT2D eigenvalue weighted by Crippen LogP contribution is -2.37. The van der Waals surface area contributed by atoms with Crippen LogP contribution in [0.1, 0.15) is 25.3 Å². The average Bonchev–Trinajstić information content (AvgIpc) is 2.56. The highest BCUT2D eigenvalue weighted by Gasteiger charge is 2.16. The molecule has 6 nitrogen and oxygen atoms in total. The van der Waals surface area contributed by atoms with Crippen molar-refractivity contribution in [2.75, 3.05) is 57.1 Å². The van der Waals surface area contributed by atoms with Gasteiger partial charge in [0.2, 0.25) is 0 Å². The molecule has 0 aliphatic carbocycles. The molecular weight excluding hydrogens is 306 g/mol. The van der Waals surface area contributed by atoms with Gasteiger partial charge in [0.25, 0.3) is 0 Å². The molecule has 1 aliphatic heterocycles. The number of anilines is 2. The van der Waals surface area contributed by atoms with E-state index in [2.05, 4.69) is 22.9 Å². The predicted octanol–water partition coefficient (Wildman–Crippen LogP) is 1.88. The highest BCUT2D eigenvalue weighted by Crippen LogP contribution is 2.25. The molecule has 1 aliphatic rings. The number of carbonyl (C=O) groups is 1. The molecule has 1 aromatic rings. The molecule has 2 rings (SSSR count). The minimum atomic E-state index is -0.121. The molecule has 0 amide bonds. The molecule has 0 aromatic heterocycles. The molecule has 2 N–H and O–H groups in total. The van der Waals surface area contributed by atoms with Crippen LogP contribution in [0.15, 0.2) is 18.2 Å². The molecule has 6 heteroatoms. The molecule has 0 atom stereocenters. The number of hydrogen-bond acceptors (Lipinski definition) is 6. The Kier molecular flexibility index (Phi) is 7.34. The molecule has 0 unspecified atom stereocenters. The van der Waals surface area contributed by atoms with Gasteiger partial charge in [0.05, 0.1) is 19.8 Å². The van der Waals surface area contributed by atoms with Gasteiger partial charge in [-0.1, -0.05) is 0 Å². The van der Waals surface area contributed by atoms with Gasteiger partial charge in [-0.05, 0) is 50.7 Å². The van der Waals surface area contributed by atoms with Gasteiger partial charge in [-0.3, -0.25) is 4.79 Å². The highest BCUT2D eigenvalue weighted by atomic mass is 16.5. The van der Waals surface area contributed by atoms with E-state index in [0.29, 0.717) is 13.0 Å². The Morgan fingerprint density at radius 3 is 2.83 bits per heavy atom. The van der Waals surface area contributed by atoms with Crippen LogP contribution >= 0.6 is 0 Å². The van der Waals surface area contributed by atoms with E-state index in [1.54, 1.807) is 0 Å². The number of benzene rings is 1. The number of ether oxygens (including phenoxy) is 2. The van der Waals surface area contributed by atoms with E-state index >= 15 is 0 Å². The molecule has 1 heterocycles. The van der Waals surface area contributed by atoms with Crippen LogP contribution in [0.2, 0.25) is 0 Å². The molecular formula is C18H29N3O3. The van der Waals surface area contributed by atoms with Gasteiger partial charge in [0.15, 0.2) is 0 Å². The maximum absolute atomic E-state index is 11.4. The second kappa shape index (κ2) is 9.49. The van der Waals surface area contributed by atoms with Crippen molar-refractivity contribution in [1.82, 2.24) is 4.90 Å². The van der Waals surface area contributed by atoms with Crippen LogP contribution in [-0.2, 0) is 20.8 Å². The van der Waals surface area contributed by atoms with Gasteiger partial charge in [-0.25, -0.2) is 0 Å². The Hall–Kier alpha value is -1.79. The molecule has 134 valence electrons. The molecule has 0 radical (unpaired) electrons. The fraction of sp³-hybridized carbons (Fsp3) is 0.611. The van der Waals surface area contributed by atoms with Crippen LogP contribution < -0.4 is 10.6 Å². The smallest absolute Gasteiger partial charge is 0.305 e. The summed E-state index contributed by atoms with van der Waals surface area (Å²) in [5.41, 5.74) is 9.21. The zero-order valence-corrected chi connectivity index (χ0v) is 14.8. The quantitative estimate of drug-likeness (QED) is 0.578. The third-order valence-electron chi connectivity index (χ3n) is 4.12. The Bertz CT molecular complexity index is 530. The van der Waals surface area contributed by atoms with Crippen LogP contribution in [0.3, 0.4) is 0 Å². The van der Waals surface area contributed by atoms with Crippen molar-refractivity contribution in [1.29, 1.82) is 0 Å². The van der Waals surface area contributed by atoms with Crippen LogP contribution in [0.4, 0.5) is 11.4 Å². The maximum Gasteiger partial charge on any atom is 0.305 e. The largest absolute Gasteiger partial charge is 0.466 e. The Balaban J connectivity index is 1.92. The molecule has 0 bridgehead atoms. The van der Waals surface area contributed by atoms with E-state index in [4.69, 9.17) is 15.2 Å². The SMILES string of the molecule is CCOC(=O)CCCN(C)Cc1cc(N)ccc1N1CCOCC1. The Morgan fingerprint density at radius 1 is 1.38 bits per heavy atom. The predicted molar refractivity (Wildman–Crippen MR) is 96.1 cm³/mol. The first-order chi connectivity index (χ1) is 11.6. The van der Waals surface area contributed by atoms with Gasteiger partial charge >= 0.3 is 5.97 Å². The lowest BCUT2D eigenvalue weighted by molar-refractivity contribution is -0.143. The lowest BCUT2D eigenvalue weighted by atomic mass is 10.1. The van der Waals surface area contributed by atoms with Gasteiger partial charge in [0.1, 0.15) is 0 Å². The summed E-state index contributed by atoms with van der Waals surface area (Å²) in [6.07, 6.45) is 1.26. The number of nitrogens with zero attached hydrogens (tertiary/aromatic N) is 2. The highest BCUT2D eigenvalue weighted by molar-refractivity contribution is 5.69. The second-order valence-corrected chi connectivity index (χ2v) is 6.13. The molecule has 1 fully saturated rings. The normalized spacial score (nSPS) is 14.9. The Morgan fingerprint density at radius 2 is 2.12 bits per heavy atom. The van der Waals surface area contributed by atoms with Crippen LogP contribution in [0, 0.1) is 0 Å². The average molecular weight is 335 g/mol. The topological polar surface area (TPSA) is 68.0 Å². The number of esters is 1. The van der Waals surface area contributed by atoms with Crippen molar-refractivity contribution in [3.8, 4) is 0 Å². The van der Waals surface area contributed by atoms with E-state index in [1.165, 1.54) is 11.3 Å². The number of morpholine rings is 1. The van der Waals surface area contributed by atoms with Gasteiger partial charge in [-0.2, -0.15) is 0 Å². The Labute approximate surface area is 144 Å². The first kappa shape index (κ1) is 18.5. The van der Waals surface area contributed by atoms with E-state index in [9.17, 15) is 4.79 Å². The molecule has 0 saturated carbocycles. The van der Waals surface area contributed by atoms with Gasteiger partial charge in [0, 0.05) is 37.4 Å². The van der Waals surface area contributed by atoms with Crippen molar-refractivity contribution in [2.24, 2.45) is 0 Å². The third kappa shape index (κ3) is 5.69. The number of carbonyl (C=O) groups excluding carboxylic acids is 1. The van der Waals surface area contributed by atoms with Crippen molar-refractivity contribution in [2.45, 2.75) is 26.3 Å². The maximum atomic E-state index is 11.4. The summed E-state index contributed by atoms with van der Waals surface area (Å²) in [5, 5.41) is 0. The van der Waals surface area contributed by atoms with E-state index in [-0.39, 0.29) is 5.97 Å². The minimum Gasteiger partial charge on any atom is -0.466 e. The number of nitrogens with two attached hydrogens (primary N) is 1. The second-order valence-electron chi connectivity index (χ2n) is 6.13. The summed E-state index contributed by atoms with van der Waals surface area (Å²) in [4.78, 5) is 16.0. The van der Waals surface area contributed by atoms with Crippen LogP contribution in [0.25, 0.3) is 0 Å². The monoisotopic (exact) mass is 335 g/mol. The van der Waals surface area contributed by atoms with E-state index in [0.717, 1.165) is 51.5 Å². The minimum absolute atomic E-state index is 0.121. The molecule has 1 saturated heterocycles. The fourth-order valence-electron chi connectivity index (χ4n) is 2.94. The van der Waals surface area contributed by atoms with Crippen LogP contribution in [-0.4, -0.2) is 57.4 Å². The first-order valence-corrected chi connectivity index (χ1v) is 8.65. The standard InChI is InChI=1S/C18H29N3O3/c1-3-24-18(22)5-4-8-20(2)14-15-13-16(19)6-7-17(15)21-9-11-23-12-10-21/h6-7,13H,3-5,8-12,14,19H2,1-2H3. The summed E-state index contributed by atoms with van der Waals surface area (Å²) in [5.74, 6) is -0.121. The molecule has 1 aromatic carbocycles. The van der Waals surface area contributed by atoms with Crippen molar-refractivity contribution in [3.63, 3.8) is 0 Å². The number of nitrogen functional groups attached to an aromatic ring is 1. The zero-order valence-electron chi connectivity index (χ0n) is 14.8. The number of rotatable bonds is 8. The van der Waals surface area contributed by atoms with Gasteiger partial charge < -0.3 is 25.0 Å². The number of hydrogen-bond donors (Lipinski definition) is 1. The van der Waals surface area contributed by atoms with Gasteiger partial charge in [-0.15, -0.1) is 0 Å².